The van der Waals surface area contributed by atoms with Crippen molar-refractivity contribution in [2.24, 2.45) is 0 Å². The summed E-state index contributed by atoms with van der Waals surface area (Å²) in [6.07, 6.45) is 3.05. The number of halogens is 4. The first-order valence-electron chi connectivity index (χ1n) is 9.89. The minimum atomic E-state index is -4.22. The molecule has 2 N–H and O–H groups in total. The van der Waals surface area contributed by atoms with Crippen LogP contribution in [-0.2, 0) is 10.0 Å². The monoisotopic (exact) mass is 536 g/mol. The molecule has 0 saturated heterocycles. The number of thiazole rings is 1. The van der Waals surface area contributed by atoms with Crippen LogP contribution in [0, 0.1) is 11.6 Å². The van der Waals surface area contributed by atoms with Crippen LogP contribution in [0.1, 0.15) is 26.2 Å². The van der Waals surface area contributed by atoms with Gasteiger partial charge in [-0.15, -0.1) is 23.7 Å². The minimum Gasteiger partial charge on any atom is -0.373 e. The number of aromatic nitrogens is 1. The van der Waals surface area contributed by atoms with Crippen molar-refractivity contribution in [1.82, 2.24) is 4.98 Å². The van der Waals surface area contributed by atoms with E-state index in [4.69, 9.17) is 11.6 Å². The highest BCUT2D eigenvalue weighted by Gasteiger charge is 2.23. The largest absolute Gasteiger partial charge is 0.373 e. The Labute approximate surface area is 207 Å². The third-order valence-corrected chi connectivity index (χ3v) is 6.99. The Kier molecular flexibility index (Phi) is 9.71. The number of nitrogens with one attached hydrogen (secondary N) is 2. The van der Waals surface area contributed by atoms with E-state index in [1.807, 2.05) is 11.9 Å². The number of nitrogens with zero attached hydrogens (tertiary/aromatic N) is 2. The smallest absolute Gasteiger partial charge is 0.266 e. The van der Waals surface area contributed by atoms with E-state index >= 15 is 0 Å². The van der Waals surface area contributed by atoms with Crippen LogP contribution in [0.3, 0.4) is 0 Å². The second-order valence-electron chi connectivity index (χ2n) is 7.16. The van der Waals surface area contributed by atoms with Crippen LogP contribution >= 0.6 is 35.3 Å². The number of hydrogen-bond donors (Lipinski definition) is 2. The zero-order valence-electron chi connectivity index (χ0n) is 17.9. The zero-order valence-corrected chi connectivity index (χ0v) is 21.1. The number of anilines is 4. The molecule has 3 aromatic rings. The molecule has 2 aromatic carbocycles. The number of sulfonamides is 1. The molecule has 0 unspecified atom stereocenters. The molecule has 0 spiro atoms. The molecule has 12 heteroatoms. The van der Waals surface area contributed by atoms with Gasteiger partial charge >= 0.3 is 0 Å². The summed E-state index contributed by atoms with van der Waals surface area (Å²) in [6.45, 7) is 2.81. The van der Waals surface area contributed by atoms with Crippen molar-refractivity contribution >= 4 is 68.2 Å². The topological polar surface area (TPSA) is 74.3 Å². The number of unbranched alkanes of at least 4 members (excludes halogenated alkanes) is 2. The minimum absolute atomic E-state index is 0. The van der Waals surface area contributed by atoms with Gasteiger partial charge in [-0.2, -0.15) is 0 Å². The molecule has 1 aromatic heterocycles. The Morgan fingerprint density at radius 2 is 1.91 bits per heavy atom. The lowest BCUT2D eigenvalue weighted by Crippen LogP contribution is -2.20. The Hall–Kier alpha value is -2.14. The van der Waals surface area contributed by atoms with Crippen LogP contribution in [0.4, 0.5) is 31.7 Å². The summed E-state index contributed by atoms with van der Waals surface area (Å²) in [5, 5.41) is 4.48. The van der Waals surface area contributed by atoms with Gasteiger partial charge in [-0.05, 0) is 30.7 Å². The van der Waals surface area contributed by atoms with Crippen molar-refractivity contribution in [3.05, 3.63) is 57.9 Å². The summed E-state index contributed by atoms with van der Waals surface area (Å²) < 4.78 is 56.0. The summed E-state index contributed by atoms with van der Waals surface area (Å²) in [5.41, 5.74) is 2.71. The molecule has 0 aliphatic heterocycles. The van der Waals surface area contributed by atoms with Gasteiger partial charge in [0.2, 0.25) is 0 Å². The van der Waals surface area contributed by atoms with E-state index in [9.17, 15) is 17.2 Å². The highest BCUT2D eigenvalue weighted by Crippen LogP contribution is 2.35. The van der Waals surface area contributed by atoms with E-state index in [2.05, 4.69) is 21.9 Å². The first-order valence-corrected chi connectivity index (χ1v) is 12.7. The Morgan fingerprint density at radius 3 is 2.58 bits per heavy atom. The highest BCUT2D eigenvalue weighted by molar-refractivity contribution is 7.92. The Bertz CT molecular complexity index is 1180. The second-order valence-corrected chi connectivity index (χ2v) is 9.93. The fourth-order valence-corrected chi connectivity index (χ4v) is 5.00. The van der Waals surface area contributed by atoms with E-state index < -0.39 is 26.6 Å². The van der Waals surface area contributed by atoms with Gasteiger partial charge in [-0.25, -0.2) is 22.2 Å². The average Bonchev–Trinajstić information content (AvgIpc) is 3.24. The normalized spacial score (nSPS) is 11.1. The van der Waals surface area contributed by atoms with Crippen molar-refractivity contribution in [1.29, 1.82) is 0 Å². The molecule has 0 amide bonds. The summed E-state index contributed by atoms with van der Waals surface area (Å²) in [6, 6.07) is 6.23. The van der Waals surface area contributed by atoms with Gasteiger partial charge in [0, 0.05) is 25.0 Å². The Balaban J connectivity index is 0.00000385. The summed E-state index contributed by atoms with van der Waals surface area (Å²) in [5.74, 6) is -1.30. The molecule has 33 heavy (non-hydrogen) atoms. The van der Waals surface area contributed by atoms with E-state index in [1.54, 1.807) is 0 Å². The molecule has 0 bridgehead atoms. The predicted octanol–water partition coefficient (Wildman–Crippen LogP) is 6.67. The summed E-state index contributed by atoms with van der Waals surface area (Å²) in [7, 11) is -2.37. The second kappa shape index (κ2) is 11.8. The van der Waals surface area contributed by atoms with Crippen LogP contribution < -0.4 is 14.9 Å². The third kappa shape index (κ3) is 6.92. The lowest BCUT2D eigenvalue weighted by atomic mass is 10.2. The van der Waals surface area contributed by atoms with E-state index in [0.29, 0.717) is 17.9 Å². The predicted molar refractivity (Wildman–Crippen MR) is 134 cm³/mol. The van der Waals surface area contributed by atoms with Crippen molar-refractivity contribution < 1.29 is 17.2 Å². The van der Waals surface area contributed by atoms with Gasteiger partial charge in [-0.1, -0.05) is 31.4 Å². The maximum absolute atomic E-state index is 14.8. The van der Waals surface area contributed by atoms with Gasteiger partial charge in [-0.3, -0.25) is 4.72 Å². The van der Waals surface area contributed by atoms with Crippen molar-refractivity contribution in [3.63, 3.8) is 0 Å². The molecule has 0 aliphatic carbocycles. The Morgan fingerprint density at radius 1 is 1.15 bits per heavy atom. The molecular formula is C21H24Cl2F2N4O2S2. The molecule has 6 nitrogen and oxygen atoms in total. The van der Waals surface area contributed by atoms with Crippen LogP contribution in [0.2, 0.25) is 5.02 Å². The van der Waals surface area contributed by atoms with E-state index in [0.717, 1.165) is 31.4 Å². The average molecular weight is 537 g/mol. The fraction of sp³-hybridized carbons (Fsp3) is 0.286. The molecule has 0 saturated carbocycles. The quantitative estimate of drug-likeness (QED) is 0.283. The molecule has 1 heterocycles. The molecule has 0 atom stereocenters. The van der Waals surface area contributed by atoms with E-state index in [1.165, 1.54) is 40.4 Å². The van der Waals surface area contributed by atoms with E-state index in [-0.39, 0.29) is 28.9 Å². The SMILES string of the molecule is CCCCCN(C)c1cc(F)ccc1Nc1cc(F)c(S(=O)(=O)Nc2cscn2)cc1Cl.Cl. The van der Waals surface area contributed by atoms with Gasteiger partial charge in [0.05, 0.1) is 27.6 Å². The highest BCUT2D eigenvalue weighted by atomic mass is 35.5. The first-order chi connectivity index (χ1) is 15.2. The van der Waals surface area contributed by atoms with Crippen LogP contribution in [0.25, 0.3) is 0 Å². The fourth-order valence-electron chi connectivity index (χ4n) is 3.08. The van der Waals surface area contributed by atoms with Crippen molar-refractivity contribution in [2.75, 3.05) is 28.5 Å². The molecule has 3 rings (SSSR count). The zero-order chi connectivity index (χ0) is 23.3. The maximum Gasteiger partial charge on any atom is 0.266 e. The van der Waals surface area contributed by atoms with Gasteiger partial charge < -0.3 is 10.2 Å². The number of rotatable bonds is 10. The van der Waals surface area contributed by atoms with Crippen LogP contribution in [-0.4, -0.2) is 27.0 Å². The molecular weight excluding hydrogens is 513 g/mol. The summed E-state index contributed by atoms with van der Waals surface area (Å²) >= 11 is 7.48. The van der Waals surface area contributed by atoms with Gasteiger partial charge in [0.25, 0.3) is 10.0 Å². The first kappa shape index (κ1) is 27.1. The van der Waals surface area contributed by atoms with Crippen LogP contribution in [0.15, 0.2) is 46.1 Å². The lowest BCUT2D eigenvalue weighted by Gasteiger charge is -2.23. The van der Waals surface area contributed by atoms with Gasteiger partial charge in [0.15, 0.2) is 5.82 Å². The summed E-state index contributed by atoms with van der Waals surface area (Å²) in [4.78, 5) is 5.14. The molecule has 0 aliphatic rings. The molecule has 0 fully saturated rings. The van der Waals surface area contributed by atoms with Gasteiger partial charge in [0.1, 0.15) is 16.5 Å². The lowest BCUT2D eigenvalue weighted by molar-refractivity contribution is 0.570. The maximum atomic E-state index is 14.8. The standard InChI is InChI=1S/C21H23ClF2N4O2S2.ClH/c1-3-4-5-8-28(2)19-9-14(23)6-7-17(19)26-18-11-16(24)20(10-15(18)22)32(29,30)27-21-12-31-13-25-21;/h6-7,9-13,26-27H,3-5,8H2,1-2H3;1H. The van der Waals surface area contributed by atoms with Crippen molar-refractivity contribution in [2.45, 2.75) is 31.1 Å². The number of hydrogen-bond acceptors (Lipinski definition) is 6. The van der Waals surface area contributed by atoms with Crippen molar-refractivity contribution in [3.8, 4) is 0 Å². The molecule has 180 valence electrons. The molecule has 0 radical (unpaired) electrons. The number of benzene rings is 2. The third-order valence-electron chi connectivity index (χ3n) is 4.72. The van der Waals surface area contributed by atoms with Crippen LogP contribution in [0.5, 0.6) is 0 Å².